The highest BCUT2D eigenvalue weighted by molar-refractivity contribution is 7.98. The summed E-state index contributed by atoms with van der Waals surface area (Å²) in [5.74, 6) is 0.310. The number of rotatable bonds is 9. The van der Waals surface area contributed by atoms with E-state index in [1.807, 2.05) is 91.2 Å². The number of esters is 1. The first kappa shape index (κ1) is 27.7. The fourth-order valence-electron chi connectivity index (χ4n) is 4.52. The highest BCUT2D eigenvalue weighted by Crippen LogP contribution is 2.32. The predicted molar refractivity (Wildman–Crippen MR) is 160 cm³/mol. The van der Waals surface area contributed by atoms with Crippen molar-refractivity contribution in [2.75, 3.05) is 12.9 Å². The number of fused-ring (bicyclic) bond motifs is 1. The Morgan fingerprint density at radius 2 is 1.77 bits per heavy atom. The highest BCUT2D eigenvalue weighted by atomic mass is 32.2. The smallest absolute Gasteiger partial charge is 0.338 e. The Bertz CT molecular complexity index is 1700. The van der Waals surface area contributed by atoms with Gasteiger partial charge in [-0.2, -0.15) is 0 Å². The van der Waals surface area contributed by atoms with Crippen LogP contribution in [-0.2, 0) is 16.1 Å². The molecule has 5 rings (SSSR count). The lowest BCUT2D eigenvalue weighted by atomic mass is 9.96. The number of carbonyl (C=O) groups excluding carboxylic acids is 1. The lowest BCUT2D eigenvalue weighted by Crippen LogP contribution is -2.39. The maximum absolute atomic E-state index is 13.9. The van der Waals surface area contributed by atoms with Crippen LogP contribution in [0.2, 0.25) is 0 Å². The van der Waals surface area contributed by atoms with E-state index in [1.54, 1.807) is 23.3 Å². The van der Waals surface area contributed by atoms with Gasteiger partial charge in [0.15, 0.2) is 4.80 Å². The van der Waals surface area contributed by atoms with Crippen molar-refractivity contribution >= 4 is 35.1 Å². The second-order valence-corrected chi connectivity index (χ2v) is 11.2. The summed E-state index contributed by atoms with van der Waals surface area (Å²) in [6.07, 6.45) is 4.80. The van der Waals surface area contributed by atoms with Crippen LogP contribution < -0.4 is 19.6 Å². The van der Waals surface area contributed by atoms with Crippen molar-refractivity contribution < 1.29 is 14.3 Å². The summed E-state index contributed by atoms with van der Waals surface area (Å²) < 4.78 is 13.6. The molecule has 2 heterocycles. The van der Waals surface area contributed by atoms with Crippen LogP contribution in [0.5, 0.6) is 5.75 Å². The molecule has 1 atom stereocenters. The number of hydrogen-bond donors (Lipinski definition) is 0. The first-order valence-corrected chi connectivity index (χ1v) is 15.1. The molecule has 1 aliphatic heterocycles. The van der Waals surface area contributed by atoms with E-state index in [9.17, 15) is 9.59 Å². The van der Waals surface area contributed by atoms with Crippen molar-refractivity contribution in [1.82, 2.24) is 4.57 Å². The molecule has 8 heteroatoms. The lowest BCUT2D eigenvalue weighted by Gasteiger charge is -2.25. The first-order valence-electron chi connectivity index (χ1n) is 13.1. The van der Waals surface area contributed by atoms with Crippen molar-refractivity contribution in [1.29, 1.82) is 0 Å². The summed E-state index contributed by atoms with van der Waals surface area (Å²) in [5.41, 5.74) is 3.30. The number of benzene rings is 3. The molecule has 3 aromatic carbocycles. The quantitative estimate of drug-likeness (QED) is 0.197. The third-order valence-electron chi connectivity index (χ3n) is 6.54. The first-order chi connectivity index (χ1) is 19.5. The lowest BCUT2D eigenvalue weighted by molar-refractivity contribution is -0.140. The molecule has 40 heavy (non-hydrogen) atoms. The van der Waals surface area contributed by atoms with Crippen molar-refractivity contribution in [3.8, 4) is 5.75 Å². The second kappa shape index (κ2) is 12.5. The molecule has 1 aromatic heterocycles. The second-order valence-electron chi connectivity index (χ2n) is 9.33. The fraction of sp³-hybridized carbons (Fsp3) is 0.219. The summed E-state index contributed by atoms with van der Waals surface area (Å²) in [6, 6.07) is 24.5. The summed E-state index contributed by atoms with van der Waals surface area (Å²) in [7, 11) is 0. The minimum atomic E-state index is -0.651. The molecule has 0 saturated carbocycles. The van der Waals surface area contributed by atoms with E-state index < -0.39 is 12.0 Å². The summed E-state index contributed by atoms with van der Waals surface area (Å²) >= 11 is 2.95. The summed E-state index contributed by atoms with van der Waals surface area (Å²) in [5, 5.41) is 0. The summed E-state index contributed by atoms with van der Waals surface area (Å²) in [6.45, 7) is 4.66. The van der Waals surface area contributed by atoms with E-state index in [0.717, 1.165) is 33.8 Å². The zero-order chi connectivity index (χ0) is 28.1. The Kier molecular flexibility index (Phi) is 8.67. The van der Waals surface area contributed by atoms with Gasteiger partial charge in [-0.1, -0.05) is 72.9 Å². The van der Waals surface area contributed by atoms with Gasteiger partial charge in [0.1, 0.15) is 12.4 Å². The minimum Gasteiger partial charge on any atom is -0.494 e. The van der Waals surface area contributed by atoms with E-state index >= 15 is 0 Å². The molecule has 0 bridgehead atoms. The van der Waals surface area contributed by atoms with Crippen molar-refractivity contribution in [3.05, 3.63) is 127 Å². The number of nitrogens with zero attached hydrogens (tertiary/aromatic N) is 2. The number of allylic oxidation sites excluding steroid dienone is 1. The molecular formula is C32H30N2O4S2. The maximum Gasteiger partial charge on any atom is 0.338 e. The van der Waals surface area contributed by atoms with Crippen LogP contribution in [0.15, 0.2) is 105 Å². The predicted octanol–water partition coefficient (Wildman–Crippen LogP) is 5.49. The molecule has 0 spiro atoms. The number of ether oxygens (including phenoxy) is 2. The average Bonchev–Trinajstić information content (AvgIpc) is 3.29. The number of thiazole rings is 1. The number of carbonyl (C=O) groups is 1. The molecule has 6 nitrogen and oxygen atoms in total. The Balaban J connectivity index is 1.55. The molecule has 4 aromatic rings. The normalized spacial score (nSPS) is 15.0. The van der Waals surface area contributed by atoms with Crippen LogP contribution in [-0.4, -0.2) is 23.4 Å². The highest BCUT2D eigenvalue weighted by Gasteiger charge is 2.33. The molecule has 0 saturated heterocycles. The van der Waals surface area contributed by atoms with Gasteiger partial charge in [-0.3, -0.25) is 9.36 Å². The van der Waals surface area contributed by atoms with Crippen molar-refractivity contribution in [2.24, 2.45) is 4.99 Å². The molecule has 1 aliphatic rings. The molecule has 0 amide bonds. The van der Waals surface area contributed by atoms with E-state index in [1.165, 1.54) is 11.3 Å². The number of thioether (sulfide) groups is 1. The largest absolute Gasteiger partial charge is 0.494 e. The van der Waals surface area contributed by atoms with Gasteiger partial charge in [0.25, 0.3) is 5.56 Å². The maximum atomic E-state index is 13.9. The molecule has 204 valence electrons. The Hall–Kier alpha value is -3.88. The molecule has 0 aliphatic carbocycles. The van der Waals surface area contributed by atoms with Crippen molar-refractivity contribution in [2.45, 2.75) is 37.8 Å². The van der Waals surface area contributed by atoms with E-state index in [0.29, 0.717) is 27.2 Å². The summed E-state index contributed by atoms with van der Waals surface area (Å²) in [4.78, 5) is 33.7. The van der Waals surface area contributed by atoms with E-state index in [4.69, 9.17) is 14.5 Å². The van der Waals surface area contributed by atoms with Crippen LogP contribution >= 0.6 is 23.1 Å². The third kappa shape index (κ3) is 5.98. The molecule has 1 unspecified atom stereocenters. The SMILES string of the molecule is CCCOc1ccc(C=c2sc3n(c2=O)C(c2ccc(SC)cc2)C(C(=O)OCc2ccccc2)=C(C)N=3)cc1. The monoisotopic (exact) mass is 570 g/mol. The van der Waals surface area contributed by atoms with Crippen LogP contribution in [0.1, 0.15) is 43.0 Å². The van der Waals surface area contributed by atoms with Crippen LogP contribution in [0.3, 0.4) is 0 Å². The van der Waals surface area contributed by atoms with Gasteiger partial charge in [-0.05, 0) is 66.6 Å². The van der Waals surface area contributed by atoms with Gasteiger partial charge in [0, 0.05) is 4.90 Å². The molecule has 0 radical (unpaired) electrons. The van der Waals surface area contributed by atoms with Gasteiger partial charge in [-0.25, -0.2) is 9.79 Å². The van der Waals surface area contributed by atoms with Crippen LogP contribution in [0.4, 0.5) is 0 Å². The molecule has 0 N–H and O–H groups in total. The third-order valence-corrected chi connectivity index (χ3v) is 8.26. The topological polar surface area (TPSA) is 69.9 Å². The standard InChI is InChI=1S/C32H30N2O4S2/c1-4-18-37-25-14-10-22(11-15-25)19-27-30(35)34-29(24-12-16-26(39-3)17-13-24)28(21(2)33-32(34)40-27)31(36)38-20-23-8-6-5-7-9-23/h5-17,19,29H,4,18,20H2,1-3H3. The number of hydrogen-bond acceptors (Lipinski definition) is 7. The Morgan fingerprint density at radius 3 is 2.45 bits per heavy atom. The van der Waals surface area contributed by atoms with Crippen molar-refractivity contribution in [3.63, 3.8) is 0 Å². The van der Waals surface area contributed by atoms with Gasteiger partial charge >= 0.3 is 5.97 Å². The Labute approximate surface area is 241 Å². The fourth-order valence-corrected chi connectivity index (χ4v) is 5.97. The zero-order valence-electron chi connectivity index (χ0n) is 22.6. The molecular weight excluding hydrogens is 540 g/mol. The van der Waals surface area contributed by atoms with E-state index in [2.05, 4.69) is 6.92 Å². The minimum absolute atomic E-state index is 0.136. The van der Waals surface area contributed by atoms with Gasteiger partial charge in [0.05, 0.1) is 28.5 Å². The number of aromatic nitrogens is 1. The van der Waals surface area contributed by atoms with Crippen LogP contribution in [0.25, 0.3) is 6.08 Å². The van der Waals surface area contributed by atoms with Gasteiger partial charge < -0.3 is 9.47 Å². The zero-order valence-corrected chi connectivity index (χ0v) is 24.3. The van der Waals surface area contributed by atoms with Crippen LogP contribution in [0, 0.1) is 0 Å². The average molecular weight is 571 g/mol. The Morgan fingerprint density at radius 1 is 1.05 bits per heavy atom. The van der Waals surface area contributed by atoms with E-state index in [-0.39, 0.29) is 12.2 Å². The van der Waals surface area contributed by atoms with Gasteiger partial charge in [0.2, 0.25) is 0 Å². The molecule has 0 fully saturated rings. The van der Waals surface area contributed by atoms with Gasteiger partial charge in [-0.15, -0.1) is 11.8 Å².